The number of nitrogens with zero attached hydrogens (tertiary/aromatic N) is 2. The lowest BCUT2D eigenvalue weighted by molar-refractivity contribution is 0.385. The zero-order chi connectivity index (χ0) is 14.9. The number of benzene rings is 2. The molecule has 22 heavy (non-hydrogen) atoms. The van der Waals surface area contributed by atoms with Crippen molar-refractivity contribution >= 4 is 21.6 Å². The van der Waals surface area contributed by atoms with Crippen molar-refractivity contribution in [3.8, 4) is 11.1 Å². The second-order valence-corrected chi connectivity index (χ2v) is 6.38. The minimum atomic E-state index is 0.695. The Morgan fingerprint density at radius 3 is 2.64 bits per heavy atom. The number of thiazole rings is 1. The third-order valence-electron chi connectivity index (χ3n) is 3.54. The van der Waals surface area contributed by atoms with Gasteiger partial charge in [-0.1, -0.05) is 41.6 Å². The largest absolute Gasteiger partial charge is 0.361 e. The van der Waals surface area contributed by atoms with Crippen LogP contribution in [0.3, 0.4) is 0 Å². The van der Waals surface area contributed by atoms with Crippen LogP contribution in [-0.4, -0.2) is 10.1 Å². The molecule has 108 valence electrons. The molecule has 0 bridgehead atoms. The fourth-order valence-corrected chi connectivity index (χ4v) is 3.52. The van der Waals surface area contributed by atoms with Gasteiger partial charge in [-0.25, -0.2) is 4.98 Å². The molecule has 0 fully saturated rings. The Morgan fingerprint density at radius 2 is 1.86 bits per heavy atom. The van der Waals surface area contributed by atoms with Crippen LogP contribution in [0.5, 0.6) is 0 Å². The van der Waals surface area contributed by atoms with E-state index in [2.05, 4.69) is 52.6 Å². The van der Waals surface area contributed by atoms with Crippen LogP contribution >= 0.6 is 11.3 Å². The maximum Gasteiger partial charge on any atom is 0.143 e. The Bertz CT molecular complexity index is 925. The van der Waals surface area contributed by atoms with E-state index in [4.69, 9.17) is 4.52 Å². The number of hydrogen-bond donors (Lipinski definition) is 0. The summed E-state index contributed by atoms with van der Waals surface area (Å²) in [5.74, 6) is 0.861. The van der Waals surface area contributed by atoms with Gasteiger partial charge in [0, 0.05) is 6.07 Å². The van der Waals surface area contributed by atoms with Crippen LogP contribution in [0.2, 0.25) is 0 Å². The van der Waals surface area contributed by atoms with Gasteiger partial charge in [0.05, 0.1) is 22.3 Å². The van der Waals surface area contributed by atoms with Crippen molar-refractivity contribution in [2.75, 3.05) is 0 Å². The molecule has 2 heterocycles. The zero-order valence-electron chi connectivity index (χ0n) is 12.1. The summed E-state index contributed by atoms with van der Waals surface area (Å²) in [7, 11) is 0. The lowest BCUT2D eigenvalue weighted by Crippen LogP contribution is -1.83. The summed E-state index contributed by atoms with van der Waals surface area (Å²) in [6.07, 6.45) is 0.695. The van der Waals surface area contributed by atoms with E-state index in [1.165, 1.54) is 15.8 Å². The standard InChI is InChI=1S/C18H14N2OS/c1-12-9-15(21-20-12)11-18-19-16-8-7-14(10-17(16)22-18)13-5-3-2-4-6-13/h2-10H,11H2,1H3. The lowest BCUT2D eigenvalue weighted by Gasteiger charge is -2.00. The lowest BCUT2D eigenvalue weighted by atomic mass is 10.1. The summed E-state index contributed by atoms with van der Waals surface area (Å²) in [5.41, 5.74) is 4.39. The zero-order valence-corrected chi connectivity index (χ0v) is 12.9. The highest BCUT2D eigenvalue weighted by Gasteiger charge is 2.09. The minimum Gasteiger partial charge on any atom is -0.361 e. The molecule has 0 N–H and O–H groups in total. The summed E-state index contributed by atoms with van der Waals surface area (Å²) in [5, 5.41) is 4.97. The minimum absolute atomic E-state index is 0.695. The molecule has 3 nitrogen and oxygen atoms in total. The van der Waals surface area contributed by atoms with Crippen LogP contribution in [0.4, 0.5) is 0 Å². The molecule has 4 heteroatoms. The Balaban J connectivity index is 1.69. The first-order chi connectivity index (χ1) is 10.8. The molecule has 0 aliphatic carbocycles. The van der Waals surface area contributed by atoms with Gasteiger partial charge in [-0.3, -0.25) is 0 Å². The first-order valence-electron chi connectivity index (χ1n) is 7.15. The summed E-state index contributed by atoms with van der Waals surface area (Å²) in [4.78, 5) is 4.68. The molecule has 0 saturated carbocycles. The van der Waals surface area contributed by atoms with Gasteiger partial charge >= 0.3 is 0 Å². The van der Waals surface area contributed by atoms with E-state index in [9.17, 15) is 0 Å². The van der Waals surface area contributed by atoms with Gasteiger partial charge < -0.3 is 4.52 Å². The maximum absolute atomic E-state index is 5.27. The normalized spacial score (nSPS) is 11.1. The molecular weight excluding hydrogens is 292 g/mol. The monoisotopic (exact) mass is 306 g/mol. The van der Waals surface area contributed by atoms with Gasteiger partial charge in [0.15, 0.2) is 0 Å². The van der Waals surface area contributed by atoms with E-state index < -0.39 is 0 Å². The van der Waals surface area contributed by atoms with E-state index >= 15 is 0 Å². The van der Waals surface area contributed by atoms with Crippen molar-refractivity contribution in [3.63, 3.8) is 0 Å². The van der Waals surface area contributed by atoms with Gasteiger partial charge in [0.2, 0.25) is 0 Å². The SMILES string of the molecule is Cc1cc(Cc2nc3ccc(-c4ccccc4)cc3s2)on1. The van der Waals surface area contributed by atoms with Crippen molar-refractivity contribution < 1.29 is 4.52 Å². The summed E-state index contributed by atoms with van der Waals surface area (Å²) in [6, 6.07) is 18.8. The smallest absolute Gasteiger partial charge is 0.143 e. The molecule has 0 saturated heterocycles. The fraction of sp³-hybridized carbons (Fsp3) is 0.111. The predicted molar refractivity (Wildman–Crippen MR) is 89.1 cm³/mol. The van der Waals surface area contributed by atoms with Crippen LogP contribution in [0.15, 0.2) is 59.1 Å². The van der Waals surface area contributed by atoms with Crippen molar-refractivity contribution in [2.45, 2.75) is 13.3 Å². The third kappa shape index (κ3) is 2.53. The molecule has 0 amide bonds. The maximum atomic E-state index is 5.27. The number of aromatic nitrogens is 2. The van der Waals surface area contributed by atoms with E-state index in [0.717, 1.165) is 22.0 Å². The van der Waals surface area contributed by atoms with E-state index in [1.54, 1.807) is 11.3 Å². The molecule has 2 aromatic carbocycles. The number of fused-ring (bicyclic) bond motifs is 1. The molecule has 4 aromatic rings. The first-order valence-corrected chi connectivity index (χ1v) is 7.97. The molecule has 2 aromatic heterocycles. The summed E-state index contributed by atoms with van der Waals surface area (Å²) < 4.78 is 6.48. The van der Waals surface area contributed by atoms with Gasteiger partial charge in [-0.2, -0.15) is 0 Å². The average Bonchev–Trinajstić information content (AvgIpc) is 3.13. The Morgan fingerprint density at radius 1 is 1.00 bits per heavy atom. The molecule has 0 unspecified atom stereocenters. The quantitative estimate of drug-likeness (QED) is 0.543. The van der Waals surface area contributed by atoms with Crippen molar-refractivity contribution in [2.24, 2.45) is 0 Å². The topological polar surface area (TPSA) is 38.9 Å². The van der Waals surface area contributed by atoms with E-state index in [-0.39, 0.29) is 0 Å². The van der Waals surface area contributed by atoms with Gasteiger partial charge in [0.1, 0.15) is 10.8 Å². The molecule has 4 rings (SSSR count). The Kier molecular flexibility index (Phi) is 3.24. The average molecular weight is 306 g/mol. The predicted octanol–water partition coefficient (Wildman–Crippen LogP) is 4.85. The van der Waals surface area contributed by atoms with Crippen molar-refractivity contribution in [1.29, 1.82) is 0 Å². The summed E-state index contributed by atoms with van der Waals surface area (Å²) in [6.45, 7) is 1.93. The van der Waals surface area contributed by atoms with Crippen molar-refractivity contribution in [3.05, 3.63) is 71.1 Å². The number of rotatable bonds is 3. The van der Waals surface area contributed by atoms with Gasteiger partial charge in [-0.15, -0.1) is 11.3 Å². The van der Waals surface area contributed by atoms with Crippen LogP contribution < -0.4 is 0 Å². The van der Waals surface area contributed by atoms with Gasteiger partial charge in [0.25, 0.3) is 0 Å². The molecule has 0 aliphatic heterocycles. The van der Waals surface area contributed by atoms with Crippen LogP contribution in [0.1, 0.15) is 16.5 Å². The molecule has 0 spiro atoms. The second-order valence-electron chi connectivity index (χ2n) is 5.27. The highest BCUT2D eigenvalue weighted by atomic mass is 32.1. The van der Waals surface area contributed by atoms with Gasteiger partial charge in [-0.05, 0) is 30.2 Å². The van der Waals surface area contributed by atoms with Crippen molar-refractivity contribution in [1.82, 2.24) is 10.1 Å². The second kappa shape index (κ2) is 5.39. The van der Waals surface area contributed by atoms with Crippen LogP contribution in [0, 0.1) is 6.92 Å². The highest BCUT2D eigenvalue weighted by molar-refractivity contribution is 7.18. The number of aryl methyl sites for hydroxylation is 1. The Hall–Kier alpha value is -2.46. The fourth-order valence-electron chi connectivity index (χ4n) is 2.51. The first kappa shape index (κ1) is 13.2. The van der Waals surface area contributed by atoms with Crippen LogP contribution in [-0.2, 0) is 6.42 Å². The molecule has 0 aliphatic rings. The highest BCUT2D eigenvalue weighted by Crippen LogP contribution is 2.29. The van der Waals surface area contributed by atoms with E-state index in [1.807, 2.05) is 19.1 Å². The van der Waals surface area contributed by atoms with E-state index in [0.29, 0.717) is 6.42 Å². The van der Waals surface area contributed by atoms with Crippen LogP contribution in [0.25, 0.3) is 21.3 Å². The Labute approximate surface area is 132 Å². The molecular formula is C18H14N2OS. The molecule has 0 radical (unpaired) electrons. The third-order valence-corrected chi connectivity index (χ3v) is 4.56. The molecule has 0 atom stereocenters. The number of hydrogen-bond acceptors (Lipinski definition) is 4. The summed E-state index contributed by atoms with van der Waals surface area (Å²) >= 11 is 1.71.